The normalized spacial score (nSPS) is 17.5. The third-order valence-electron chi connectivity index (χ3n) is 19.8. The third kappa shape index (κ3) is 29.2. The molecular weight excluding hydrogens is 1470 g/mol. The number of aliphatic hydroxyl groups is 3. The van der Waals surface area contributed by atoms with Crippen LogP contribution in [0, 0.1) is 11.8 Å². The third-order valence-corrected chi connectivity index (χ3v) is 19.8. The van der Waals surface area contributed by atoms with E-state index in [0.717, 1.165) is 0 Å². The second-order valence-corrected chi connectivity index (χ2v) is 30.1. The number of H-pyrrole nitrogens is 1. The van der Waals surface area contributed by atoms with Gasteiger partial charge in [-0.25, -0.2) is 4.79 Å². The molecule has 4 aromatic rings. The lowest BCUT2D eigenvalue weighted by Gasteiger charge is -2.32. The number of nitrogens with two attached hydrogens (primary N) is 3. The Labute approximate surface area is 663 Å². The Bertz CT molecular complexity index is 3880. The highest BCUT2D eigenvalue weighted by Gasteiger charge is 2.43. The molecule has 1 aromatic heterocycles. The van der Waals surface area contributed by atoms with E-state index in [0.29, 0.717) is 72.8 Å². The topological polar surface area (TPSA) is 561 Å². The molecule has 15 atom stereocenters. The van der Waals surface area contributed by atoms with Gasteiger partial charge in [-0.15, -0.1) is 0 Å². The van der Waals surface area contributed by atoms with Crippen LogP contribution in [0.2, 0.25) is 0 Å². The number of carboxylic acids is 1. The Morgan fingerprint density at radius 1 is 0.474 bits per heavy atom. The Morgan fingerprint density at radius 2 is 0.921 bits per heavy atom. The van der Waals surface area contributed by atoms with Gasteiger partial charge in [0.15, 0.2) is 0 Å². The second kappa shape index (κ2) is 46.7. The zero-order chi connectivity index (χ0) is 83.7. The molecule has 0 unspecified atom stereocenters. The molecule has 114 heavy (non-hydrogen) atoms. The first kappa shape index (κ1) is 92.4. The van der Waals surface area contributed by atoms with E-state index < -0.39 is 187 Å². The number of rotatable bonds is 48. The number of aromatic nitrogens is 1. The molecule has 35 heteroatoms. The highest BCUT2D eigenvalue weighted by molar-refractivity contribution is 6.01. The van der Waals surface area contributed by atoms with Crippen LogP contribution in [0.1, 0.15) is 148 Å². The molecule has 2 saturated heterocycles. The van der Waals surface area contributed by atoms with Crippen molar-refractivity contribution in [2.24, 2.45) is 29.0 Å². The molecule has 35 nitrogen and oxygen atoms in total. The van der Waals surface area contributed by atoms with Crippen molar-refractivity contribution in [1.82, 2.24) is 73.7 Å². The van der Waals surface area contributed by atoms with Gasteiger partial charge in [-0.1, -0.05) is 107 Å². The predicted molar refractivity (Wildman–Crippen MR) is 421 cm³/mol. The molecule has 3 aromatic carbocycles. The van der Waals surface area contributed by atoms with Crippen molar-refractivity contribution in [1.29, 1.82) is 0 Å². The number of hydrogen-bond acceptors (Lipinski definition) is 20. The van der Waals surface area contributed by atoms with Crippen molar-refractivity contribution in [2.45, 2.75) is 241 Å². The molecule has 0 radical (unpaired) electrons. The van der Waals surface area contributed by atoms with Gasteiger partial charge in [0.1, 0.15) is 72.5 Å². The van der Waals surface area contributed by atoms with Crippen molar-refractivity contribution >= 4 is 93.7 Å². The zero-order valence-corrected chi connectivity index (χ0v) is 65.7. The van der Waals surface area contributed by atoms with E-state index in [9.17, 15) is 82.8 Å². The van der Waals surface area contributed by atoms with Crippen LogP contribution < -0.4 is 81.0 Å². The van der Waals surface area contributed by atoms with Crippen LogP contribution in [0.5, 0.6) is 0 Å². The largest absolute Gasteiger partial charge is 0.480 e. The van der Waals surface area contributed by atoms with Crippen LogP contribution >= 0.6 is 0 Å². The zero-order valence-electron chi connectivity index (χ0n) is 65.7. The summed E-state index contributed by atoms with van der Waals surface area (Å²) in [5.74, 6) is -13.3. The number of aliphatic hydroxyl groups excluding tert-OH is 3. The summed E-state index contributed by atoms with van der Waals surface area (Å²) in [6.45, 7) is 9.66. The molecule has 3 heterocycles. The summed E-state index contributed by atoms with van der Waals surface area (Å²) in [5, 5.41) is 74.8. The summed E-state index contributed by atoms with van der Waals surface area (Å²) in [7, 11) is 0. The molecular formula is C79H117N17O18. The Kier molecular flexibility index (Phi) is 37.8. The van der Waals surface area contributed by atoms with Gasteiger partial charge in [0.2, 0.25) is 76.8 Å². The standard InChI is InChI=1S/C79H117N17O18/c1-44(2)37-57(70(104)85-54(27-15-17-33-80)68(102)90-59(39-48-21-9-7-10-22-48)72(106)86-55(31-32-64(82)100)69(103)88-58(38-45(3)4)71(105)87-56(79(113)114)28-16-18-34-81)89-73(107)60(40-49-23-11-8-12-24-49)91-76(110)66(47(6)99)95-75(109)63-30-20-36-96(63)78(112)61(41-50-42-84-52-26-14-13-25-51(50)52)92-77(111)65(46(5)98)94-74(108)62(43-97)93-67(101)53-29-19-35-83-53/h7-14,21-26,42,44-47,53-63,65-66,83-84,97-99H,15-20,27-41,43,80-81H2,1-6H3,(H2,82,100)(H,85,104)(H,86,106)(H,87,105)(H,88,103)(H,89,107)(H,90,102)(H,91,110)(H,92,111)(H,93,101)(H,94,108)(H,95,109)(H,113,114)/t46-,47-,53+,54+,55+,56+,57+,58+,59+,60+,61+,62+,63+,65+,66+/m1/s1. The summed E-state index contributed by atoms with van der Waals surface area (Å²) < 4.78 is 0. The molecule has 23 N–H and O–H groups in total. The molecule has 626 valence electrons. The number of unbranched alkanes of at least 4 members (excludes halogenated alkanes) is 2. The molecule has 2 aliphatic rings. The Morgan fingerprint density at radius 3 is 1.41 bits per heavy atom. The molecule has 13 amide bonds. The molecule has 0 aliphatic carbocycles. The van der Waals surface area contributed by atoms with E-state index in [1.165, 1.54) is 18.7 Å². The second-order valence-electron chi connectivity index (χ2n) is 30.1. The summed E-state index contributed by atoms with van der Waals surface area (Å²) in [4.78, 5) is 202. The van der Waals surface area contributed by atoms with E-state index in [2.05, 4.69) is 68.8 Å². The highest BCUT2D eigenvalue weighted by Crippen LogP contribution is 2.25. The van der Waals surface area contributed by atoms with Gasteiger partial charge in [-0.3, -0.25) is 62.3 Å². The molecule has 0 bridgehead atoms. The predicted octanol–water partition coefficient (Wildman–Crippen LogP) is -2.27. The minimum absolute atomic E-state index is 0.0318. The number of carbonyl (C=O) groups is 14. The van der Waals surface area contributed by atoms with Gasteiger partial charge in [-0.05, 0) is 152 Å². The number of fused-ring (bicyclic) bond motifs is 1. The summed E-state index contributed by atoms with van der Waals surface area (Å²) >= 11 is 0. The molecule has 2 aliphatic heterocycles. The summed E-state index contributed by atoms with van der Waals surface area (Å²) in [6.07, 6.45) is 0.00221. The van der Waals surface area contributed by atoms with Crippen LogP contribution in [0.15, 0.2) is 91.1 Å². The Hall–Kier alpha value is -10.5. The number of aromatic amines is 1. The fraction of sp³-hybridized carbons (Fsp3) is 0.570. The number of primary amides is 1. The van der Waals surface area contributed by atoms with E-state index in [-0.39, 0.29) is 95.6 Å². The summed E-state index contributed by atoms with van der Waals surface area (Å²) in [5.41, 5.74) is 19.4. The number of carboxylic acid groups (broad SMARTS) is 1. The number of para-hydroxylation sites is 1. The minimum atomic E-state index is -1.80. The number of likely N-dealkylation sites (tertiary alicyclic amines) is 1. The van der Waals surface area contributed by atoms with Crippen LogP contribution in [0.3, 0.4) is 0 Å². The number of nitrogens with zero attached hydrogens (tertiary/aromatic N) is 1. The minimum Gasteiger partial charge on any atom is -0.480 e. The number of aliphatic carboxylic acids is 1. The van der Waals surface area contributed by atoms with Gasteiger partial charge >= 0.3 is 5.97 Å². The number of hydrogen-bond donors (Lipinski definition) is 20. The van der Waals surface area contributed by atoms with Gasteiger partial charge in [0, 0.05) is 49.3 Å². The van der Waals surface area contributed by atoms with Crippen LogP contribution in [-0.2, 0) is 86.4 Å². The van der Waals surface area contributed by atoms with Gasteiger partial charge < -0.3 is 111 Å². The van der Waals surface area contributed by atoms with Gasteiger partial charge in [0.25, 0.3) is 0 Å². The average molecular weight is 1590 g/mol. The SMILES string of the molecule is CC(C)C[C@H](NC(=O)[C@H](CCC(N)=O)NC(=O)[C@H](Cc1ccccc1)NC(=O)[C@H](CCCCN)NC(=O)[C@H](CC(C)C)NC(=O)[C@H](Cc1ccccc1)NC(=O)[C@@H](NC(=O)[C@@H]1CCCN1C(=O)[C@H](Cc1c[nH]c2ccccc12)NC(=O)[C@@H](NC(=O)[C@H](CO)NC(=O)[C@@H]1CCCN1)[C@@H](C)O)[C@@H](C)O)C(=O)N[C@@H](CCCCN)C(=O)O. The van der Waals surface area contributed by atoms with E-state index in [1.807, 2.05) is 0 Å². The van der Waals surface area contributed by atoms with Crippen molar-refractivity contribution < 1.29 is 87.5 Å². The number of amides is 13. The number of benzene rings is 3. The van der Waals surface area contributed by atoms with E-state index in [1.54, 1.807) is 119 Å². The lowest BCUT2D eigenvalue weighted by atomic mass is 9.99. The van der Waals surface area contributed by atoms with Crippen LogP contribution in [-0.4, -0.2) is 237 Å². The van der Waals surface area contributed by atoms with Crippen LogP contribution in [0.25, 0.3) is 10.9 Å². The lowest BCUT2D eigenvalue weighted by Crippen LogP contribution is -2.63. The quantitative estimate of drug-likeness (QED) is 0.0207. The smallest absolute Gasteiger partial charge is 0.326 e. The molecule has 0 spiro atoms. The van der Waals surface area contributed by atoms with E-state index >= 15 is 4.79 Å². The maximum atomic E-state index is 15.1. The maximum absolute atomic E-state index is 15.1. The molecule has 6 rings (SSSR count). The molecule has 2 fully saturated rings. The Balaban J connectivity index is 1.22. The fourth-order valence-electron chi connectivity index (χ4n) is 13.7. The van der Waals surface area contributed by atoms with Crippen molar-refractivity contribution in [3.63, 3.8) is 0 Å². The summed E-state index contributed by atoms with van der Waals surface area (Å²) in [6, 6.07) is 5.48. The first-order valence-corrected chi connectivity index (χ1v) is 39.2. The van der Waals surface area contributed by atoms with Crippen molar-refractivity contribution in [3.8, 4) is 0 Å². The fourth-order valence-corrected chi connectivity index (χ4v) is 13.7. The number of nitrogens with one attached hydrogen (secondary N) is 13. The monoisotopic (exact) mass is 1590 g/mol. The first-order valence-electron chi connectivity index (χ1n) is 39.2. The van der Waals surface area contributed by atoms with Gasteiger partial charge in [-0.2, -0.15) is 0 Å². The van der Waals surface area contributed by atoms with Crippen molar-refractivity contribution in [2.75, 3.05) is 32.8 Å². The van der Waals surface area contributed by atoms with Gasteiger partial charge in [0.05, 0.1) is 24.9 Å². The molecule has 0 saturated carbocycles. The number of carbonyl (C=O) groups excluding carboxylic acids is 13. The van der Waals surface area contributed by atoms with Crippen LogP contribution in [0.4, 0.5) is 0 Å². The lowest BCUT2D eigenvalue weighted by molar-refractivity contribution is -0.143. The van der Waals surface area contributed by atoms with E-state index in [4.69, 9.17) is 17.2 Å². The van der Waals surface area contributed by atoms with Crippen molar-refractivity contribution in [3.05, 3.63) is 108 Å². The highest BCUT2D eigenvalue weighted by atomic mass is 16.4. The maximum Gasteiger partial charge on any atom is 0.326 e. The average Bonchev–Trinajstić information content (AvgIpc) is 1.68. The first-order chi connectivity index (χ1) is 54.3.